The molecule has 0 aromatic heterocycles. The molecule has 0 aliphatic carbocycles. The first-order valence-electron chi connectivity index (χ1n) is 8.84. The molecule has 1 aromatic rings. The second-order valence-electron chi connectivity index (χ2n) is 7.71. The summed E-state index contributed by atoms with van der Waals surface area (Å²) in [6.45, 7) is 6.46. The standard InChI is InChI=1S/C19H26FN3O2/c1-14(2)21(3)11-18(25)22-9-8-19(12-22)10-17(24)23(13-19)16-6-4-15(20)5-7-16/h4-7,14H,8-13H2,1-3H3. The van der Waals surface area contributed by atoms with Crippen LogP contribution in [0.25, 0.3) is 0 Å². The molecule has 2 aliphatic heterocycles. The van der Waals surface area contributed by atoms with Crippen molar-refractivity contribution in [3.05, 3.63) is 30.1 Å². The third-order valence-electron chi connectivity index (χ3n) is 5.52. The summed E-state index contributed by atoms with van der Waals surface area (Å²) in [5.41, 5.74) is 0.560. The van der Waals surface area contributed by atoms with E-state index in [1.165, 1.54) is 12.1 Å². The molecule has 0 saturated carbocycles. The van der Waals surface area contributed by atoms with Crippen LogP contribution < -0.4 is 4.90 Å². The number of carbonyl (C=O) groups excluding carboxylic acids is 2. The normalized spacial score (nSPS) is 23.5. The number of halogens is 1. The average molecular weight is 347 g/mol. The van der Waals surface area contributed by atoms with Gasteiger partial charge < -0.3 is 9.80 Å². The predicted molar refractivity (Wildman–Crippen MR) is 94.8 cm³/mol. The van der Waals surface area contributed by atoms with Gasteiger partial charge in [-0.15, -0.1) is 0 Å². The van der Waals surface area contributed by atoms with Gasteiger partial charge in [-0.2, -0.15) is 0 Å². The van der Waals surface area contributed by atoms with Gasteiger partial charge in [-0.25, -0.2) is 4.39 Å². The monoisotopic (exact) mass is 347 g/mol. The second-order valence-corrected chi connectivity index (χ2v) is 7.71. The highest BCUT2D eigenvalue weighted by Gasteiger charge is 2.48. The summed E-state index contributed by atoms with van der Waals surface area (Å²) in [6.07, 6.45) is 1.29. The van der Waals surface area contributed by atoms with Crippen LogP contribution >= 0.6 is 0 Å². The quantitative estimate of drug-likeness (QED) is 0.838. The zero-order chi connectivity index (χ0) is 18.2. The molecule has 2 fully saturated rings. The van der Waals surface area contributed by atoms with Crippen LogP contribution in [0.2, 0.25) is 0 Å². The lowest BCUT2D eigenvalue weighted by Gasteiger charge is -2.26. The molecule has 1 atom stereocenters. The zero-order valence-corrected chi connectivity index (χ0v) is 15.2. The van der Waals surface area contributed by atoms with Crippen molar-refractivity contribution in [3.8, 4) is 0 Å². The highest BCUT2D eigenvalue weighted by molar-refractivity contribution is 5.96. The number of benzene rings is 1. The van der Waals surface area contributed by atoms with Gasteiger partial charge in [-0.3, -0.25) is 14.5 Å². The lowest BCUT2D eigenvalue weighted by molar-refractivity contribution is -0.132. The number of amides is 2. The summed E-state index contributed by atoms with van der Waals surface area (Å²) < 4.78 is 13.1. The molecule has 6 heteroatoms. The zero-order valence-electron chi connectivity index (χ0n) is 15.2. The number of rotatable bonds is 4. The summed E-state index contributed by atoms with van der Waals surface area (Å²) in [5, 5.41) is 0. The maximum Gasteiger partial charge on any atom is 0.236 e. The van der Waals surface area contributed by atoms with E-state index in [-0.39, 0.29) is 23.0 Å². The lowest BCUT2D eigenvalue weighted by Crippen LogP contribution is -2.41. The maximum atomic E-state index is 13.1. The molecule has 0 bridgehead atoms. The molecule has 1 unspecified atom stereocenters. The first-order valence-corrected chi connectivity index (χ1v) is 8.84. The van der Waals surface area contributed by atoms with E-state index < -0.39 is 0 Å². The van der Waals surface area contributed by atoms with Gasteiger partial charge in [-0.1, -0.05) is 0 Å². The fraction of sp³-hybridized carbons (Fsp3) is 0.579. The SMILES string of the molecule is CC(C)N(C)CC(=O)N1CCC2(CC(=O)N(c3ccc(F)cc3)C2)C1. The van der Waals surface area contributed by atoms with Crippen molar-refractivity contribution in [1.29, 1.82) is 0 Å². The fourth-order valence-electron chi connectivity index (χ4n) is 3.67. The molecular formula is C19H26FN3O2. The van der Waals surface area contributed by atoms with Crippen LogP contribution in [0.5, 0.6) is 0 Å². The smallest absolute Gasteiger partial charge is 0.236 e. The summed E-state index contributed by atoms with van der Waals surface area (Å²) in [4.78, 5) is 30.6. The minimum atomic E-state index is -0.308. The van der Waals surface area contributed by atoms with Crippen LogP contribution in [0.4, 0.5) is 10.1 Å². The number of likely N-dealkylation sites (tertiary alicyclic amines) is 1. The minimum Gasteiger partial charge on any atom is -0.341 e. The van der Waals surface area contributed by atoms with Crippen LogP contribution in [0, 0.1) is 11.2 Å². The number of hydrogen-bond acceptors (Lipinski definition) is 3. The highest BCUT2D eigenvalue weighted by atomic mass is 19.1. The Labute approximate surface area is 148 Å². The summed E-state index contributed by atoms with van der Waals surface area (Å²) in [7, 11) is 1.95. The van der Waals surface area contributed by atoms with Crippen LogP contribution in [0.15, 0.2) is 24.3 Å². The van der Waals surface area contributed by atoms with E-state index in [9.17, 15) is 14.0 Å². The lowest BCUT2D eigenvalue weighted by atomic mass is 9.86. The van der Waals surface area contributed by atoms with E-state index in [2.05, 4.69) is 13.8 Å². The van der Waals surface area contributed by atoms with Crippen LogP contribution in [0.1, 0.15) is 26.7 Å². The van der Waals surface area contributed by atoms with Crippen LogP contribution in [-0.4, -0.2) is 60.9 Å². The summed E-state index contributed by atoms with van der Waals surface area (Å²) in [5.74, 6) is -0.127. The topological polar surface area (TPSA) is 43.9 Å². The van der Waals surface area contributed by atoms with Crippen molar-refractivity contribution in [2.45, 2.75) is 32.7 Å². The Hall–Kier alpha value is -1.95. The van der Waals surface area contributed by atoms with Gasteiger partial charge in [0.05, 0.1) is 6.54 Å². The Morgan fingerprint density at radius 3 is 2.60 bits per heavy atom. The molecule has 0 radical (unpaired) electrons. The molecule has 0 N–H and O–H groups in total. The van der Waals surface area contributed by atoms with E-state index in [0.717, 1.165) is 12.1 Å². The molecule has 1 spiro atoms. The summed E-state index contributed by atoms with van der Waals surface area (Å²) >= 11 is 0. The molecule has 2 aliphatic rings. The van der Waals surface area contributed by atoms with E-state index >= 15 is 0 Å². The molecule has 3 rings (SSSR count). The van der Waals surface area contributed by atoms with Crippen molar-refractivity contribution in [2.24, 2.45) is 5.41 Å². The molecule has 5 nitrogen and oxygen atoms in total. The first-order chi connectivity index (χ1) is 11.8. The number of hydrogen-bond donors (Lipinski definition) is 0. The first kappa shape index (κ1) is 17.9. The van der Waals surface area contributed by atoms with Gasteiger partial charge in [0.15, 0.2) is 0 Å². The molecule has 136 valence electrons. The van der Waals surface area contributed by atoms with Crippen molar-refractivity contribution in [1.82, 2.24) is 9.80 Å². The Balaban J connectivity index is 1.65. The Morgan fingerprint density at radius 1 is 1.28 bits per heavy atom. The molecular weight excluding hydrogens is 321 g/mol. The summed E-state index contributed by atoms with van der Waals surface area (Å²) in [6, 6.07) is 6.35. The predicted octanol–water partition coefficient (Wildman–Crippen LogP) is 2.12. The second kappa shape index (κ2) is 6.75. The Morgan fingerprint density at radius 2 is 1.96 bits per heavy atom. The maximum absolute atomic E-state index is 13.1. The Kier molecular flexibility index (Phi) is 4.82. The van der Waals surface area contributed by atoms with Gasteiger partial charge >= 0.3 is 0 Å². The number of nitrogens with zero attached hydrogens (tertiary/aromatic N) is 3. The largest absolute Gasteiger partial charge is 0.341 e. The van der Waals surface area contributed by atoms with E-state index in [0.29, 0.717) is 38.6 Å². The van der Waals surface area contributed by atoms with E-state index in [1.54, 1.807) is 17.0 Å². The van der Waals surface area contributed by atoms with Gasteiger partial charge in [0.1, 0.15) is 5.82 Å². The van der Waals surface area contributed by atoms with Crippen molar-refractivity contribution < 1.29 is 14.0 Å². The van der Waals surface area contributed by atoms with Crippen molar-refractivity contribution in [2.75, 3.05) is 38.1 Å². The van der Waals surface area contributed by atoms with E-state index in [1.807, 2.05) is 16.8 Å². The van der Waals surface area contributed by atoms with Gasteiger partial charge in [0.2, 0.25) is 11.8 Å². The molecule has 2 amide bonds. The van der Waals surface area contributed by atoms with Crippen molar-refractivity contribution in [3.63, 3.8) is 0 Å². The molecule has 2 heterocycles. The van der Waals surface area contributed by atoms with Crippen molar-refractivity contribution >= 4 is 17.5 Å². The van der Waals surface area contributed by atoms with Gasteiger partial charge in [0, 0.05) is 43.2 Å². The number of anilines is 1. The fourth-order valence-corrected chi connectivity index (χ4v) is 3.67. The number of carbonyl (C=O) groups is 2. The van der Waals surface area contributed by atoms with Crippen LogP contribution in [0.3, 0.4) is 0 Å². The third-order valence-corrected chi connectivity index (χ3v) is 5.52. The van der Waals surface area contributed by atoms with E-state index in [4.69, 9.17) is 0 Å². The third kappa shape index (κ3) is 3.68. The van der Waals surface area contributed by atoms with Gasteiger partial charge in [0.25, 0.3) is 0 Å². The molecule has 2 saturated heterocycles. The number of likely N-dealkylation sites (N-methyl/N-ethyl adjacent to an activating group) is 1. The van der Waals surface area contributed by atoms with Crippen LogP contribution in [-0.2, 0) is 9.59 Å². The minimum absolute atomic E-state index is 0.0557. The molecule has 1 aromatic carbocycles. The van der Waals surface area contributed by atoms with Gasteiger partial charge in [-0.05, 0) is 51.6 Å². The highest BCUT2D eigenvalue weighted by Crippen LogP contribution is 2.41. The molecule has 25 heavy (non-hydrogen) atoms. The average Bonchev–Trinajstić information content (AvgIpc) is 3.11. The Bertz CT molecular complexity index is 661.